The number of likely N-dealkylation sites (tertiary alicyclic amines) is 1. The predicted octanol–water partition coefficient (Wildman–Crippen LogP) is 3.17. The maximum atomic E-state index is 11.2. The lowest BCUT2D eigenvalue weighted by Gasteiger charge is -2.30. The van der Waals surface area contributed by atoms with E-state index in [-0.39, 0.29) is 11.9 Å². The quantitative estimate of drug-likeness (QED) is 0.848. The van der Waals surface area contributed by atoms with Crippen LogP contribution < -0.4 is 10.6 Å². The van der Waals surface area contributed by atoms with Gasteiger partial charge in [-0.2, -0.15) is 0 Å². The van der Waals surface area contributed by atoms with Crippen LogP contribution in [-0.2, 0) is 4.79 Å². The fourth-order valence-electron chi connectivity index (χ4n) is 3.19. The lowest BCUT2D eigenvalue weighted by Crippen LogP contribution is -2.42. The normalized spacial score (nSPS) is 18.7. The summed E-state index contributed by atoms with van der Waals surface area (Å²) in [6.07, 6.45) is 4.05. The topological polar surface area (TPSA) is 44.4 Å². The average molecular weight is 303 g/mol. The van der Waals surface area contributed by atoms with Crippen LogP contribution in [0.5, 0.6) is 0 Å². The van der Waals surface area contributed by atoms with Gasteiger partial charge in [-0.1, -0.05) is 18.6 Å². The first-order valence-electron chi connectivity index (χ1n) is 8.40. The zero-order chi connectivity index (χ0) is 15.9. The van der Waals surface area contributed by atoms with Crippen LogP contribution in [0, 0.1) is 0 Å². The summed E-state index contributed by atoms with van der Waals surface area (Å²) in [6.45, 7) is 9.55. The smallest absolute Gasteiger partial charge is 0.221 e. The van der Waals surface area contributed by atoms with Crippen LogP contribution in [0.25, 0.3) is 0 Å². The Morgan fingerprint density at radius 2 is 1.95 bits per heavy atom. The zero-order valence-electron chi connectivity index (χ0n) is 14.1. The van der Waals surface area contributed by atoms with E-state index in [4.69, 9.17) is 0 Å². The predicted molar refractivity (Wildman–Crippen MR) is 92.0 cm³/mol. The Morgan fingerprint density at radius 1 is 1.23 bits per heavy atom. The molecule has 22 heavy (non-hydrogen) atoms. The summed E-state index contributed by atoms with van der Waals surface area (Å²) in [6, 6.07) is 8.80. The number of rotatable bonds is 6. The lowest BCUT2D eigenvalue weighted by atomic mass is 10.1. The molecule has 1 aromatic rings. The van der Waals surface area contributed by atoms with E-state index in [0.717, 1.165) is 12.2 Å². The molecule has 1 amide bonds. The molecular weight excluding hydrogens is 274 g/mol. The highest BCUT2D eigenvalue weighted by Crippen LogP contribution is 2.18. The second-order valence-electron chi connectivity index (χ2n) is 6.46. The third-order valence-electron chi connectivity index (χ3n) is 4.22. The summed E-state index contributed by atoms with van der Waals surface area (Å²) in [5.41, 5.74) is 2.07. The van der Waals surface area contributed by atoms with Crippen LogP contribution in [0.1, 0.15) is 51.6 Å². The van der Waals surface area contributed by atoms with Gasteiger partial charge in [0.2, 0.25) is 5.91 Å². The molecule has 0 radical (unpaired) electrons. The number of hydrogen-bond acceptors (Lipinski definition) is 3. The first-order chi connectivity index (χ1) is 10.5. The molecule has 122 valence electrons. The van der Waals surface area contributed by atoms with Gasteiger partial charge in [0, 0.05) is 31.2 Å². The van der Waals surface area contributed by atoms with Gasteiger partial charge in [-0.3, -0.25) is 4.79 Å². The van der Waals surface area contributed by atoms with Crippen LogP contribution >= 0.6 is 0 Å². The van der Waals surface area contributed by atoms with Crippen LogP contribution in [0.3, 0.4) is 0 Å². The van der Waals surface area contributed by atoms with Crippen molar-refractivity contribution in [2.45, 2.75) is 52.1 Å². The van der Waals surface area contributed by atoms with Gasteiger partial charge in [0.15, 0.2) is 0 Å². The summed E-state index contributed by atoms with van der Waals surface area (Å²) in [4.78, 5) is 13.7. The number of hydrogen-bond donors (Lipinski definition) is 2. The van der Waals surface area contributed by atoms with Gasteiger partial charge in [-0.05, 0) is 57.5 Å². The summed E-state index contributed by atoms with van der Waals surface area (Å²) in [5.74, 6) is -0.0313. The zero-order valence-corrected chi connectivity index (χ0v) is 14.1. The molecule has 2 unspecified atom stereocenters. The van der Waals surface area contributed by atoms with Crippen LogP contribution in [0.2, 0.25) is 0 Å². The van der Waals surface area contributed by atoms with E-state index in [1.165, 1.54) is 44.8 Å². The van der Waals surface area contributed by atoms with Gasteiger partial charge < -0.3 is 15.5 Å². The summed E-state index contributed by atoms with van der Waals surface area (Å²) >= 11 is 0. The molecule has 1 fully saturated rings. The number of carbonyl (C=O) groups excluding carboxylic acids is 1. The van der Waals surface area contributed by atoms with Crippen molar-refractivity contribution in [3.8, 4) is 0 Å². The van der Waals surface area contributed by atoms with E-state index >= 15 is 0 Å². The first-order valence-corrected chi connectivity index (χ1v) is 8.40. The second-order valence-corrected chi connectivity index (χ2v) is 6.46. The van der Waals surface area contributed by atoms with Gasteiger partial charge in [0.25, 0.3) is 0 Å². The van der Waals surface area contributed by atoms with E-state index in [0.29, 0.717) is 6.04 Å². The van der Waals surface area contributed by atoms with Crippen LogP contribution in [0.4, 0.5) is 5.69 Å². The van der Waals surface area contributed by atoms with Gasteiger partial charge in [-0.15, -0.1) is 0 Å². The number of anilines is 1. The third-order valence-corrected chi connectivity index (χ3v) is 4.22. The minimum Gasteiger partial charge on any atom is -0.326 e. The summed E-state index contributed by atoms with van der Waals surface area (Å²) < 4.78 is 0. The molecule has 0 aliphatic carbocycles. The van der Waals surface area contributed by atoms with E-state index in [2.05, 4.69) is 35.4 Å². The standard InChI is InChI=1S/C18H29N3O/c1-14(13-21-10-5-4-6-11-21)19-15(2)17-8-7-9-18(12-17)20-16(3)22/h7-9,12,14-15,19H,4-6,10-11,13H2,1-3H3,(H,20,22). The summed E-state index contributed by atoms with van der Waals surface area (Å²) in [7, 11) is 0. The van der Waals surface area contributed by atoms with Crippen LogP contribution in [-0.4, -0.2) is 36.5 Å². The molecule has 4 heteroatoms. The Kier molecular flexibility index (Phi) is 6.40. The molecule has 2 rings (SSSR count). The highest BCUT2D eigenvalue weighted by Gasteiger charge is 2.15. The number of carbonyl (C=O) groups is 1. The van der Waals surface area contributed by atoms with Gasteiger partial charge in [0.05, 0.1) is 0 Å². The van der Waals surface area contributed by atoms with E-state index in [1.807, 2.05) is 18.2 Å². The maximum absolute atomic E-state index is 11.2. The van der Waals surface area contributed by atoms with E-state index in [9.17, 15) is 4.79 Å². The highest BCUT2D eigenvalue weighted by molar-refractivity contribution is 5.88. The van der Waals surface area contributed by atoms with Crippen molar-refractivity contribution < 1.29 is 4.79 Å². The number of nitrogens with one attached hydrogen (secondary N) is 2. The molecule has 4 nitrogen and oxygen atoms in total. The second kappa shape index (κ2) is 8.30. The number of nitrogens with zero attached hydrogens (tertiary/aromatic N) is 1. The molecular formula is C18H29N3O. The molecule has 1 aliphatic rings. The first kappa shape index (κ1) is 17.0. The Hall–Kier alpha value is -1.39. The molecule has 0 aromatic heterocycles. The fraction of sp³-hybridized carbons (Fsp3) is 0.611. The Labute approximate surface area is 134 Å². The number of benzene rings is 1. The molecule has 1 heterocycles. The molecule has 0 saturated carbocycles. The highest BCUT2D eigenvalue weighted by atomic mass is 16.1. The summed E-state index contributed by atoms with van der Waals surface area (Å²) in [5, 5.41) is 6.51. The molecule has 0 spiro atoms. The Bertz CT molecular complexity index is 483. The average Bonchev–Trinajstić information content (AvgIpc) is 2.47. The van der Waals surface area contributed by atoms with E-state index in [1.54, 1.807) is 0 Å². The number of amides is 1. The van der Waals surface area contributed by atoms with E-state index < -0.39 is 0 Å². The molecule has 2 atom stereocenters. The van der Waals surface area contributed by atoms with Crippen molar-refractivity contribution >= 4 is 11.6 Å². The molecule has 1 aliphatic heterocycles. The van der Waals surface area contributed by atoms with Crippen molar-refractivity contribution in [3.63, 3.8) is 0 Å². The van der Waals surface area contributed by atoms with Crippen molar-refractivity contribution in [2.75, 3.05) is 25.0 Å². The van der Waals surface area contributed by atoms with Crippen molar-refractivity contribution in [1.82, 2.24) is 10.2 Å². The molecule has 2 N–H and O–H groups in total. The SMILES string of the molecule is CC(=O)Nc1cccc(C(C)NC(C)CN2CCCCC2)c1. The maximum Gasteiger partial charge on any atom is 0.221 e. The number of piperidine rings is 1. The molecule has 0 bridgehead atoms. The largest absolute Gasteiger partial charge is 0.326 e. The minimum absolute atomic E-state index is 0.0313. The van der Waals surface area contributed by atoms with Gasteiger partial charge in [0.1, 0.15) is 0 Å². The van der Waals surface area contributed by atoms with Crippen molar-refractivity contribution in [3.05, 3.63) is 29.8 Å². The van der Waals surface area contributed by atoms with Crippen molar-refractivity contribution in [2.24, 2.45) is 0 Å². The van der Waals surface area contributed by atoms with Crippen molar-refractivity contribution in [1.29, 1.82) is 0 Å². The Morgan fingerprint density at radius 3 is 2.64 bits per heavy atom. The Balaban J connectivity index is 1.87. The van der Waals surface area contributed by atoms with Gasteiger partial charge >= 0.3 is 0 Å². The lowest BCUT2D eigenvalue weighted by molar-refractivity contribution is -0.114. The van der Waals surface area contributed by atoms with Gasteiger partial charge in [-0.25, -0.2) is 0 Å². The molecule has 1 aromatic carbocycles. The fourth-order valence-corrected chi connectivity index (χ4v) is 3.19. The minimum atomic E-state index is -0.0313. The van der Waals surface area contributed by atoms with Crippen LogP contribution in [0.15, 0.2) is 24.3 Å². The monoisotopic (exact) mass is 303 g/mol. The molecule has 1 saturated heterocycles. The third kappa shape index (κ3) is 5.43.